The SMILES string of the molecule is COc1ccc(C)cc1CN1CCN(C(=O)Nc2cccc(C)c2)CC1. The summed E-state index contributed by atoms with van der Waals surface area (Å²) in [6, 6.07) is 14.1. The van der Waals surface area contributed by atoms with Crippen LogP contribution in [0.25, 0.3) is 0 Å². The van der Waals surface area contributed by atoms with Gasteiger partial charge < -0.3 is 15.0 Å². The molecule has 0 unspecified atom stereocenters. The number of nitrogens with one attached hydrogen (secondary N) is 1. The predicted molar refractivity (Wildman–Crippen MR) is 105 cm³/mol. The van der Waals surface area contributed by atoms with Gasteiger partial charge in [0.25, 0.3) is 0 Å². The highest BCUT2D eigenvalue weighted by Crippen LogP contribution is 2.22. The van der Waals surface area contributed by atoms with Gasteiger partial charge in [0.15, 0.2) is 0 Å². The summed E-state index contributed by atoms with van der Waals surface area (Å²) >= 11 is 0. The van der Waals surface area contributed by atoms with Crippen molar-refractivity contribution in [2.45, 2.75) is 20.4 Å². The van der Waals surface area contributed by atoms with Crippen LogP contribution in [0.15, 0.2) is 42.5 Å². The number of aryl methyl sites for hydroxylation is 2. The number of benzene rings is 2. The van der Waals surface area contributed by atoms with Gasteiger partial charge in [-0.1, -0.05) is 29.8 Å². The molecule has 0 atom stereocenters. The van der Waals surface area contributed by atoms with Gasteiger partial charge in [-0.15, -0.1) is 0 Å². The van der Waals surface area contributed by atoms with Gasteiger partial charge in [0.1, 0.15) is 5.75 Å². The van der Waals surface area contributed by atoms with Crippen molar-refractivity contribution in [2.24, 2.45) is 0 Å². The van der Waals surface area contributed by atoms with E-state index in [2.05, 4.69) is 29.3 Å². The number of carbonyl (C=O) groups excluding carboxylic acids is 1. The van der Waals surface area contributed by atoms with Crippen molar-refractivity contribution in [3.63, 3.8) is 0 Å². The summed E-state index contributed by atoms with van der Waals surface area (Å²) in [4.78, 5) is 16.7. The Bertz CT molecular complexity index is 768. The van der Waals surface area contributed by atoms with E-state index >= 15 is 0 Å². The number of carbonyl (C=O) groups is 1. The predicted octanol–water partition coefficient (Wildman–Crippen LogP) is 3.66. The van der Waals surface area contributed by atoms with Crippen LogP contribution < -0.4 is 10.1 Å². The van der Waals surface area contributed by atoms with Crippen molar-refractivity contribution >= 4 is 11.7 Å². The number of ether oxygens (including phenoxy) is 1. The highest BCUT2D eigenvalue weighted by atomic mass is 16.5. The Morgan fingerprint density at radius 3 is 2.46 bits per heavy atom. The van der Waals surface area contributed by atoms with Gasteiger partial charge in [-0.2, -0.15) is 0 Å². The van der Waals surface area contributed by atoms with E-state index in [1.165, 1.54) is 11.1 Å². The molecule has 1 aliphatic heterocycles. The first kappa shape index (κ1) is 18.3. The summed E-state index contributed by atoms with van der Waals surface area (Å²) in [6.45, 7) is 8.14. The molecule has 26 heavy (non-hydrogen) atoms. The van der Waals surface area contributed by atoms with E-state index in [-0.39, 0.29) is 6.03 Å². The van der Waals surface area contributed by atoms with E-state index in [0.717, 1.165) is 49.7 Å². The van der Waals surface area contributed by atoms with Gasteiger partial charge in [0.05, 0.1) is 7.11 Å². The van der Waals surface area contributed by atoms with Crippen LogP contribution in [0, 0.1) is 13.8 Å². The molecule has 2 amide bonds. The second kappa shape index (κ2) is 8.23. The standard InChI is InChI=1S/C21H27N3O2/c1-16-5-4-6-19(14-16)22-21(25)24-11-9-23(10-12-24)15-18-13-17(2)7-8-20(18)26-3/h4-8,13-14H,9-12,15H2,1-3H3,(H,22,25). The Kier molecular flexibility index (Phi) is 5.78. The molecule has 2 aromatic carbocycles. The molecular weight excluding hydrogens is 326 g/mol. The van der Waals surface area contributed by atoms with Gasteiger partial charge >= 0.3 is 6.03 Å². The van der Waals surface area contributed by atoms with Gasteiger partial charge in [-0.3, -0.25) is 4.90 Å². The van der Waals surface area contributed by atoms with Crippen molar-refractivity contribution in [1.82, 2.24) is 9.80 Å². The third-order valence-corrected chi connectivity index (χ3v) is 4.76. The van der Waals surface area contributed by atoms with Crippen molar-refractivity contribution in [2.75, 3.05) is 38.6 Å². The quantitative estimate of drug-likeness (QED) is 0.912. The number of rotatable bonds is 4. The normalized spacial score (nSPS) is 15.0. The second-order valence-electron chi connectivity index (χ2n) is 6.88. The van der Waals surface area contributed by atoms with Crippen LogP contribution in [-0.2, 0) is 6.54 Å². The number of piperazine rings is 1. The summed E-state index contributed by atoms with van der Waals surface area (Å²) in [5, 5.41) is 2.99. The molecule has 1 fully saturated rings. The van der Waals surface area contributed by atoms with E-state index in [1.807, 2.05) is 42.2 Å². The smallest absolute Gasteiger partial charge is 0.321 e. The monoisotopic (exact) mass is 353 g/mol. The Hall–Kier alpha value is -2.53. The van der Waals surface area contributed by atoms with Crippen LogP contribution in [0.2, 0.25) is 0 Å². The summed E-state index contributed by atoms with van der Waals surface area (Å²) in [6.07, 6.45) is 0. The van der Waals surface area contributed by atoms with Crippen LogP contribution in [0.5, 0.6) is 5.75 Å². The molecule has 1 saturated heterocycles. The molecule has 1 heterocycles. The zero-order valence-electron chi connectivity index (χ0n) is 15.8. The lowest BCUT2D eigenvalue weighted by Gasteiger charge is -2.35. The number of hydrogen-bond donors (Lipinski definition) is 1. The fraction of sp³-hybridized carbons (Fsp3) is 0.381. The topological polar surface area (TPSA) is 44.8 Å². The van der Waals surface area contributed by atoms with E-state index < -0.39 is 0 Å². The molecular formula is C21H27N3O2. The van der Waals surface area contributed by atoms with E-state index in [1.54, 1.807) is 7.11 Å². The molecule has 3 rings (SSSR count). The highest BCUT2D eigenvalue weighted by molar-refractivity contribution is 5.89. The lowest BCUT2D eigenvalue weighted by molar-refractivity contribution is 0.142. The van der Waals surface area contributed by atoms with E-state index in [0.29, 0.717) is 0 Å². The maximum absolute atomic E-state index is 12.5. The molecule has 0 radical (unpaired) electrons. The van der Waals surface area contributed by atoms with Crippen LogP contribution >= 0.6 is 0 Å². The minimum absolute atomic E-state index is 0.0246. The molecule has 0 aromatic heterocycles. The number of amides is 2. The summed E-state index contributed by atoms with van der Waals surface area (Å²) in [7, 11) is 1.71. The van der Waals surface area contributed by atoms with Crippen LogP contribution in [0.3, 0.4) is 0 Å². The van der Waals surface area contributed by atoms with Gasteiger partial charge in [0, 0.05) is 44.0 Å². The molecule has 1 N–H and O–H groups in total. The molecule has 5 heteroatoms. The number of anilines is 1. The molecule has 0 bridgehead atoms. The molecule has 0 spiro atoms. The van der Waals surface area contributed by atoms with Gasteiger partial charge in [-0.25, -0.2) is 4.79 Å². The fourth-order valence-corrected chi connectivity index (χ4v) is 3.31. The summed E-state index contributed by atoms with van der Waals surface area (Å²) in [5.74, 6) is 0.926. The second-order valence-corrected chi connectivity index (χ2v) is 6.88. The Morgan fingerprint density at radius 2 is 1.77 bits per heavy atom. The van der Waals surface area contributed by atoms with Crippen LogP contribution in [0.4, 0.5) is 10.5 Å². The third-order valence-electron chi connectivity index (χ3n) is 4.76. The molecule has 5 nitrogen and oxygen atoms in total. The zero-order valence-corrected chi connectivity index (χ0v) is 15.8. The molecule has 0 aliphatic carbocycles. The minimum atomic E-state index is -0.0246. The van der Waals surface area contributed by atoms with Crippen molar-refractivity contribution in [3.05, 3.63) is 59.2 Å². The lowest BCUT2D eigenvalue weighted by atomic mass is 10.1. The number of methoxy groups -OCH3 is 1. The highest BCUT2D eigenvalue weighted by Gasteiger charge is 2.22. The van der Waals surface area contributed by atoms with E-state index in [9.17, 15) is 4.79 Å². The van der Waals surface area contributed by atoms with Crippen LogP contribution in [0.1, 0.15) is 16.7 Å². The average Bonchev–Trinajstić information content (AvgIpc) is 2.62. The Labute approximate surface area is 155 Å². The van der Waals surface area contributed by atoms with Crippen LogP contribution in [-0.4, -0.2) is 49.1 Å². The van der Waals surface area contributed by atoms with E-state index in [4.69, 9.17) is 4.74 Å². The Morgan fingerprint density at radius 1 is 1.04 bits per heavy atom. The largest absolute Gasteiger partial charge is 0.496 e. The molecule has 2 aromatic rings. The first-order valence-electron chi connectivity index (χ1n) is 9.03. The van der Waals surface area contributed by atoms with Crippen molar-refractivity contribution in [3.8, 4) is 5.75 Å². The number of hydrogen-bond acceptors (Lipinski definition) is 3. The fourth-order valence-electron chi connectivity index (χ4n) is 3.31. The average molecular weight is 353 g/mol. The maximum atomic E-state index is 12.5. The van der Waals surface area contributed by atoms with Gasteiger partial charge in [-0.05, 0) is 37.6 Å². The lowest BCUT2D eigenvalue weighted by Crippen LogP contribution is -2.49. The van der Waals surface area contributed by atoms with Gasteiger partial charge in [0.2, 0.25) is 0 Å². The maximum Gasteiger partial charge on any atom is 0.321 e. The third kappa shape index (κ3) is 4.55. The van der Waals surface area contributed by atoms with Crippen molar-refractivity contribution < 1.29 is 9.53 Å². The number of nitrogens with zero attached hydrogens (tertiary/aromatic N) is 2. The molecule has 1 aliphatic rings. The zero-order chi connectivity index (χ0) is 18.5. The first-order chi connectivity index (χ1) is 12.5. The summed E-state index contributed by atoms with van der Waals surface area (Å²) in [5.41, 5.74) is 4.42. The number of urea groups is 1. The first-order valence-corrected chi connectivity index (χ1v) is 9.03. The molecule has 138 valence electrons. The van der Waals surface area contributed by atoms with Crippen molar-refractivity contribution in [1.29, 1.82) is 0 Å². The molecule has 0 saturated carbocycles. The summed E-state index contributed by atoms with van der Waals surface area (Å²) < 4.78 is 5.48. The minimum Gasteiger partial charge on any atom is -0.496 e. The Balaban J connectivity index is 1.54.